The first-order chi connectivity index (χ1) is 9.56. The maximum absolute atomic E-state index is 12.7. The average molecular weight is 293 g/mol. The number of nitro benzene ring substituents is 1. The van der Waals surface area contributed by atoms with E-state index in [2.05, 4.69) is 0 Å². The maximum atomic E-state index is 12.7. The normalized spacial score (nSPS) is 12.1. The van der Waals surface area contributed by atoms with Gasteiger partial charge in [-0.2, -0.15) is 0 Å². The standard InChI is InChI=1S/C14H12FNO3S/c15-12-3-7-14(8-4-12)20(19)10-9-11-1-5-13(6-2-11)16(17)18/h1-8H,9-10H2. The fraction of sp³-hybridized carbons (Fsp3) is 0.143. The molecule has 0 radical (unpaired) electrons. The minimum atomic E-state index is -1.21. The summed E-state index contributed by atoms with van der Waals surface area (Å²) in [6.07, 6.45) is 0.544. The fourth-order valence-electron chi connectivity index (χ4n) is 1.70. The number of hydrogen-bond acceptors (Lipinski definition) is 3. The van der Waals surface area contributed by atoms with Gasteiger partial charge in [-0.15, -0.1) is 0 Å². The van der Waals surface area contributed by atoms with Gasteiger partial charge in [0, 0.05) is 22.8 Å². The molecule has 0 aliphatic carbocycles. The van der Waals surface area contributed by atoms with Gasteiger partial charge in [-0.3, -0.25) is 14.3 Å². The van der Waals surface area contributed by atoms with Crippen LogP contribution in [0.15, 0.2) is 53.4 Å². The predicted octanol–water partition coefficient (Wildman–Crippen LogP) is 3.08. The van der Waals surface area contributed by atoms with E-state index in [1.165, 1.54) is 36.4 Å². The highest BCUT2D eigenvalue weighted by molar-refractivity contribution is 7.85. The Morgan fingerprint density at radius 1 is 1.05 bits per heavy atom. The number of hydrogen-bond donors (Lipinski definition) is 0. The van der Waals surface area contributed by atoms with Crippen LogP contribution in [-0.2, 0) is 17.2 Å². The number of aryl methyl sites for hydroxylation is 1. The molecule has 0 fully saturated rings. The Balaban J connectivity index is 1.96. The van der Waals surface area contributed by atoms with E-state index < -0.39 is 15.7 Å². The molecular formula is C14H12FNO3S. The van der Waals surface area contributed by atoms with Crippen LogP contribution < -0.4 is 0 Å². The molecule has 2 aromatic carbocycles. The van der Waals surface area contributed by atoms with Gasteiger partial charge in [-0.25, -0.2) is 4.39 Å². The number of benzene rings is 2. The third-order valence-electron chi connectivity index (χ3n) is 2.80. The Kier molecular flexibility index (Phi) is 4.57. The zero-order valence-electron chi connectivity index (χ0n) is 10.5. The zero-order valence-corrected chi connectivity index (χ0v) is 11.3. The summed E-state index contributed by atoms with van der Waals surface area (Å²) in [4.78, 5) is 10.6. The predicted molar refractivity (Wildman–Crippen MR) is 74.5 cm³/mol. The zero-order chi connectivity index (χ0) is 14.5. The van der Waals surface area contributed by atoms with Crippen molar-refractivity contribution in [3.8, 4) is 0 Å². The van der Waals surface area contributed by atoms with Crippen molar-refractivity contribution in [3.05, 3.63) is 70.0 Å². The summed E-state index contributed by atoms with van der Waals surface area (Å²) in [5, 5.41) is 10.5. The molecule has 0 saturated carbocycles. The van der Waals surface area contributed by atoms with Gasteiger partial charge in [0.2, 0.25) is 0 Å². The molecule has 6 heteroatoms. The third-order valence-corrected chi connectivity index (χ3v) is 4.17. The SMILES string of the molecule is O=[N+]([O-])c1ccc(CCS(=O)c2ccc(F)cc2)cc1. The van der Waals surface area contributed by atoms with Crippen molar-refractivity contribution in [2.45, 2.75) is 11.3 Å². The molecule has 0 bridgehead atoms. The number of nitro groups is 1. The smallest absolute Gasteiger partial charge is 0.258 e. The van der Waals surface area contributed by atoms with Crippen LogP contribution >= 0.6 is 0 Å². The molecule has 4 nitrogen and oxygen atoms in total. The highest BCUT2D eigenvalue weighted by Crippen LogP contribution is 2.14. The van der Waals surface area contributed by atoms with Crippen molar-refractivity contribution >= 4 is 16.5 Å². The van der Waals surface area contributed by atoms with Crippen molar-refractivity contribution in [2.75, 3.05) is 5.75 Å². The van der Waals surface area contributed by atoms with Gasteiger partial charge in [-0.1, -0.05) is 12.1 Å². The van der Waals surface area contributed by atoms with Gasteiger partial charge in [0.25, 0.3) is 5.69 Å². The van der Waals surface area contributed by atoms with E-state index in [-0.39, 0.29) is 11.5 Å². The molecule has 104 valence electrons. The molecule has 0 saturated heterocycles. The Hall–Kier alpha value is -2.08. The van der Waals surface area contributed by atoms with Crippen LogP contribution in [0.1, 0.15) is 5.56 Å². The van der Waals surface area contributed by atoms with E-state index in [1.807, 2.05) is 0 Å². The average Bonchev–Trinajstić information content (AvgIpc) is 2.46. The summed E-state index contributed by atoms with van der Waals surface area (Å²) in [6.45, 7) is 0. The molecule has 2 aromatic rings. The molecule has 0 N–H and O–H groups in total. The molecule has 0 aliphatic rings. The van der Waals surface area contributed by atoms with Gasteiger partial charge in [-0.05, 0) is 36.2 Å². The van der Waals surface area contributed by atoms with Crippen LogP contribution in [0.25, 0.3) is 0 Å². The van der Waals surface area contributed by atoms with Crippen LogP contribution in [0.2, 0.25) is 0 Å². The monoisotopic (exact) mass is 293 g/mol. The highest BCUT2D eigenvalue weighted by atomic mass is 32.2. The number of non-ortho nitro benzene ring substituents is 1. The van der Waals surface area contributed by atoms with Gasteiger partial charge in [0.15, 0.2) is 0 Å². The van der Waals surface area contributed by atoms with Crippen molar-refractivity contribution in [1.82, 2.24) is 0 Å². The summed E-state index contributed by atoms with van der Waals surface area (Å²) in [5.74, 6) is 0.0322. The van der Waals surface area contributed by atoms with E-state index in [9.17, 15) is 18.7 Å². The summed E-state index contributed by atoms with van der Waals surface area (Å²) in [5.41, 5.74) is 0.916. The first-order valence-corrected chi connectivity index (χ1v) is 7.25. The van der Waals surface area contributed by atoms with E-state index >= 15 is 0 Å². The quantitative estimate of drug-likeness (QED) is 0.628. The highest BCUT2D eigenvalue weighted by Gasteiger charge is 2.07. The minimum Gasteiger partial charge on any atom is -0.258 e. The third kappa shape index (κ3) is 3.71. The van der Waals surface area contributed by atoms with E-state index in [0.717, 1.165) is 5.56 Å². The summed E-state index contributed by atoms with van der Waals surface area (Å²) in [7, 11) is -1.21. The van der Waals surface area contributed by atoms with Crippen molar-refractivity contribution in [2.24, 2.45) is 0 Å². The summed E-state index contributed by atoms with van der Waals surface area (Å²) >= 11 is 0. The fourth-order valence-corrected chi connectivity index (χ4v) is 2.80. The molecule has 0 amide bonds. The van der Waals surface area contributed by atoms with E-state index in [0.29, 0.717) is 17.1 Å². The van der Waals surface area contributed by atoms with Gasteiger partial charge < -0.3 is 0 Å². The van der Waals surface area contributed by atoms with E-state index in [1.54, 1.807) is 12.1 Å². The molecule has 1 atom stereocenters. The largest absolute Gasteiger partial charge is 0.269 e. The lowest BCUT2D eigenvalue weighted by molar-refractivity contribution is -0.384. The van der Waals surface area contributed by atoms with Crippen LogP contribution in [0.5, 0.6) is 0 Å². The van der Waals surface area contributed by atoms with Crippen molar-refractivity contribution < 1.29 is 13.5 Å². The Morgan fingerprint density at radius 2 is 1.65 bits per heavy atom. The molecule has 1 unspecified atom stereocenters. The minimum absolute atomic E-state index is 0.0356. The summed E-state index contributed by atoms with van der Waals surface area (Å²) < 4.78 is 24.7. The lowest BCUT2D eigenvalue weighted by atomic mass is 10.1. The first-order valence-electron chi connectivity index (χ1n) is 5.93. The number of halogens is 1. The topological polar surface area (TPSA) is 60.2 Å². The Labute approximate surface area is 117 Å². The molecular weight excluding hydrogens is 281 g/mol. The van der Waals surface area contributed by atoms with Crippen molar-refractivity contribution in [1.29, 1.82) is 0 Å². The van der Waals surface area contributed by atoms with Gasteiger partial charge in [0.1, 0.15) is 5.82 Å². The van der Waals surface area contributed by atoms with Crippen molar-refractivity contribution in [3.63, 3.8) is 0 Å². The number of nitrogens with zero attached hydrogens (tertiary/aromatic N) is 1. The lowest BCUT2D eigenvalue weighted by Gasteiger charge is -2.03. The Bertz CT molecular complexity index is 626. The van der Waals surface area contributed by atoms with E-state index in [4.69, 9.17) is 0 Å². The molecule has 0 aliphatic heterocycles. The molecule has 20 heavy (non-hydrogen) atoms. The lowest BCUT2D eigenvalue weighted by Crippen LogP contribution is -2.02. The second kappa shape index (κ2) is 6.38. The molecule has 0 heterocycles. The van der Waals surface area contributed by atoms with Crippen LogP contribution in [0, 0.1) is 15.9 Å². The molecule has 0 aromatic heterocycles. The van der Waals surface area contributed by atoms with Crippen LogP contribution in [-0.4, -0.2) is 14.9 Å². The second-order valence-electron chi connectivity index (χ2n) is 4.18. The van der Waals surface area contributed by atoms with Gasteiger partial charge in [0.05, 0.1) is 15.7 Å². The van der Waals surface area contributed by atoms with Crippen LogP contribution in [0.4, 0.5) is 10.1 Å². The first kappa shape index (κ1) is 14.3. The van der Waals surface area contributed by atoms with Gasteiger partial charge >= 0.3 is 0 Å². The molecule has 0 spiro atoms. The second-order valence-corrected chi connectivity index (χ2v) is 5.75. The number of rotatable bonds is 5. The maximum Gasteiger partial charge on any atom is 0.269 e. The summed E-state index contributed by atoms with van der Waals surface area (Å²) in [6, 6.07) is 11.7. The molecule has 2 rings (SSSR count). The Morgan fingerprint density at radius 3 is 2.20 bits per heavy atom. The van der Waals surface area contributed by atoms with Crippen LogP contribution in [0.3, 0.4) is 0 Å².